The predicted octanol–water partition coefficient (Wildman–Crippen LogP) is 5.57. The normalized spacial score (nSPS) is 15.9. The van der Waals surface area contributed by atoms with Gasteiger partial charge >= 0.3 is 6.18 Å². The minimum absolute atomic E-state index is 0.0721. The van der Waals surface area contributed by atoms with E-state index in [1.807, 2.05) is 0 Å². The third-order valence-electron chi connectivity index (χ3n) is 5.29. The Hall–Kier alpha value is -3.60. The van der Waals surface area contributed by atoms with E-state index in [-0.39, 0.29) is 23.7 Å². The maximum Gasteiger partial charge on any atom is 0.416 e. The molecular formula is C23H17F4N5OS. The lowest BCUT2D eigenvalue weighted by Crippen LogP contribution is -2.15. The first-order valence-corrected chi connectivity index (χ1v) is 11.0. The standard InChI is InChI=1S/C23H17F4N5OS/c1-33-13-6-7-14(16(8-13)23(25,26)27)22-31-30-21(34-22)11-32-10-20-19(28-12-32)9-18(29-20)15-4-2-3-5-17(15)24/h2-10,12,22,31H,11H2,1H3. The monoisotopic (exact) mass is 487 g/mol. The molecule has 174 valence electrons. The minimum Gasteiger partial charge on any atom is -0.497 e. The van der Waals surface area contributed by atoms with Crippen LogP contribution in [0.3, 0.4) is 0 Å². The topological polar surface area (TPSA) is 64.3 Å². The van der Waals surface area contributed by atoms with Crippen molar-refractivity contribution >= 4 is 16.8 Å². The molecule has 2 aromatic carbocycles. The maximum absolute atomic E-state index is 14.1. The van der Waals surface area contributed by atoms with Gasteiger partial charge in [0.2, 0.25) is 0 Å². The highest BCUT2D eigenvalue weighted by Crippen LogP contribution is 2.42. The zero-order valence-electron chi connectivity index (χ0n) is 17.7. The summed E-state index contributed by atoms with van der Waals surface area (Å²) in [6.45, 7) is 0.288. The molecule has 1 unspecified atom stereocenters. The van der Waals surface area contributed by atoms with Crippen LogP contribution in [0, 0.1) is 5.82 Å². The number of aromatic nitrogens is 3. The summed E-state index contributed by atoms with van der Waals surface area (Å²) >= 11 is 1.19. The van der Waals surface area contributed by atoms with Crippen molar-refractivity contribution in [2.45, 2.75) is 18.1 Å². The van der Waals surface area contributed by atoms with Gasteiger partial charge in [-0.3, -0.25) is 5.43 Å². The molecule has 11 heteroatoms. The summed E-state index contributed by atoms with van der Waals surface area (Å²) in [5, 5.41) is 4.10. The fourth-order valence-electron chi connectivity index (χ4n) is 3.66. The first kappa shape index (κ1) is 22.2. The van der Waals surface area contributed by atoms with Gasteiger partial charge in [-0.25, -0.2) is 14.4 Å². The summed E-state index contributed by atoms with van der Waals surface area (Å²) in [6, 6.07) is 11.9. The van der Waals surface area contributed by atoms with Crippen LogP contribution in [-0.4, -0.2) is 26.7 Å². The van der Waals surface area contributed by atoms with Crippen molar-refractivity contribution in [3.05, 3.63) is 78.0 Å². The fraction of sp³-hybridized carbons (Fsp3) is 0.174. The molecule has 2 aromatic rings. The molecule has 0 fully saturated rings. The molecule has 0 radical (unpaired) electrons. The molecule has 0 saturated carbocycles. The second-order valence-corrected chi connectivity index (χ2v) is 8.70. The molecule has 1 atom stereocenters. The number of hydrazone groups is 1. The first-order chi connectivity index (χ1) is 16.3. The second kappa shape index (κ2) is 8.64. The Balaban J connectivity index is 1.34. The van der Waals surface area contributed by atoms with E-state index in [1.54, 1.807) is 41.4 Å². The molecule has 34 heavy (non-hydrogen) atoms. The smallest absolute Gasteiger partial charge is 0.416 e. The number of alkyl halides is 3. The molecule has 5 rings (SSSR count). The largest absolute Gasteiger partial charge is 0.497 e. The van der Waals surface area contributed by atoms with Gasteiger partial charge in [0.25, 0.3) is 0 Å². The fourth-order valence-corrected chi connectivity index (χ4v) is 4.70. The number of methoxy groups -OCH3 is 1. The van der Waals surface area contributed by atoms with Gasteiger partial charge in [-0.1, -0.05) is 30.0 Å². The number of nitrogens with zero attached hydrogens (tertiary/aromatic N) is 4. The summed E-state index contributed by atoms with van der Waals surface area (Å²) in [5.74, 6) is -0.240. The van der Waals surface area contributed by atoms with E-state index in [0.29, 0.717) is 27.7 Å². The Morgan fingerprint density at radius 1 is 1.09 bits per heavy atom. The highest BCUT2D eigenvalue weighted by Gasteiger charge is 2.37. The summed E-state index contributed by atoms with van der Waals surface area (Å²) in [6.07, 6.45) is -1.20. The van der Waals surface area contributed by atoms with Gasteiger partial charge in [-0.2, -0.15) is 18.3 Å². The van der Waals surface area contributed by atoms with Crippen LogP contribution in [-0.2, 0) is 12.7 Å². The highest BCUT2D eigenvalue weighted by molar-refractivity contribution is 8.14. The van der Waals surface area contributed by atoms with Crippen molar-refractivity contribution in [1.29, 1.82) is 0 Å². The van der Waals surface area contributed by atoms with Crippen LogP contribution in [0.5, 0.6) is 5.75 Å². The van der Waals surface area contributed by atoms with Gasteiger partial charge in [0.15, 0.2) is 0 Å². The van der Waals surface area contributed by atoms with Gasteiger partial charge in [-0.15, -0.1) is 0 Å². The second-order valence-electron chi connectivity index (χ2n) is 7.52. The number of rotatable bonds is 5. The molecule has 0 saturated heterocycles. The third kappa shape index (κ3) is 4.30. The lowest BCUT2D eigenvalue weighted by atomic mass is 10.1. The number of nitrogens with one attached hydrogen (secondary N) is 1. The predicted molar refractivity (Wildman–Crippen MR) is 121 cm³/mol. The van der Waals surface area contributed by atoms with E-state index in [2.05, 4.69) is 20.5 Å². The summed E-state index contributed by atoms with van der Waals surface area (Å²) in [7, 11) is 1.32. The van der Waals surface area contributed by atoms with E-state index < -0.39 is 17.1 Å². The third-order valence-corrected chi connectivity index (χ3v) is 6.37. The summed E-state index contributed by atoms with van der Waals surface area (Å²) in [5.41, 5.74) is 4.13. The molecule has 0 amide bonds. The molecule has 3 aliphatic heterocycles. The number of hydrogen-bond donors (Lipinski definition) is 1. The number of halogens is 4. The molecule has 6 nitrogen and oxygen atoms in total. The summed E-state index contributed by atoms with van der Waals surface area (Å²) < 4.78 is 61.5. The van der Waals surface area contributed by atoms with Crippen LogP contribution in [0.15, 0.2) is 66.2 Å². The van der Waals surface area contributed by atoms with Gasteiger partial charge in [0.05, 0.1) is 36.9 Å². The Kier molecular flexibility index (Phi) is 5.64. The van der Waals surface area contributed by atoms with Crippen LogP contribution < -0.4 is 10.2 Å². The number of hydrogen-bond acceptors (Lipinski definition) is 6. The van der Waals surface area contributed by atoms with Crippen LogP contribution in [0.1, 0.15) is 16.5 Å². The molecule has 0 aliphatic carbocycles. The number of ether oxygens (including phenoxy) is 1. The number of fused-ring (bicyclic) bond motifs is 1. The van der Waals surface area contributed by atoms with Crippen LogP contribution >= 0.6 is 11.8 Å². The van der Waals surface area contributed by atoms with Crippen molar-refractivity contribution in [3.8, 4) is 28.4 Å². The van der Waals surface area contributed by atoms with Crippen LogP contribution in [0.4, 0.5) is 17.6 Å². The Morgan fingerprint density at radius 2 is 1.91 bits per heavy atom. The SMILES string of the molecule is COc1ccc(C2NN=C(Cn3cnc4cc(-c5ccccc5F)nc-4c3)S2)c(C(F)(F)F)c1. The average Bonchev–Trinajstić information content (AvgIpc) is 3.45. The average molecular weight is 487 g/mol. The highest BCUT2D eigenvalue weighted by atomic mass is 32.2. The Labute approximate surface area is 196 Å². The van der Waals surface area contributed by atoms with Gasteiger partial charge in [0, 0.05) is 11.8 Å². The van der Waals surface area contributed by atoms with Gasteiger partial charge in [-0.05, 0) is 35.9 Å². The molecule has 1 N–H and O–H groups in total. The molecule has 0 aromatic heterocycles. The van der Waals surface area contributed by atoms with Crippen molar-refractivity contribution in [2.24, 2.45) is 5.10 Å². The van der Waals surface area contributed by atoms with E-state index >= 15 is 0 Å². The Bertz CT molecular complexity index is 1350. The van der Waals surface area contributed by atoms with Crippen LogP contribution in [0.2, 0.25) is 0 Å². The zero-order valence-corrected chi connectivity index (χ0v) is 18.5. The molecule has 3 heterocycles. The van der Waals surface area contributed by atoms with Crippen molar-refractivity contribution < 1.29 is 22.3 Å². The van der Waals surface area contributed by atoms with Gasteiger partial charge in [0.1, 0.15) is 27.7 Å². The first-order valence-electron chi connectivity index (χ1n) is 10.1. The van der Waals surface area contributed by atoms with E-state index in [4.69, 9.17) is 4.74 Å². The maximum atomic E-state index is 14.1. The summed E-state index contributed by atoms with van der Waals surface area (Å²) in [4.78, 5) is 8.85. The molecule has 0 bridgehead atoms. The minimum atomic E-state index is -4.53. The van der Waals surface area contributed by atoms with Crippen molar-refractivity contribution in [2.75, 3.05) is 7.11 Å². The molecular weight excluding hydrogens is 470 g/mol. The lowest BCUT2D eigenvalue weighted by Gasteiger charge is -2.18. The van der Waals surface area contributed by atoms with Gasteiger partial charge < -0.3 is 9.30 Å². The molecule has 0 spiro atoms. The molecule has 3 aliphatic rings. The van der Waals surface area contributed by atoms with Crippen molar-refractivity contribution in [3.63, 3.8) is 0 Å². The Morgan fingerprint density at radius 3 is 2.68 bits per heavy atom. The lowest BCUT2D eigenvalue weighted by molar-refractivity contribution is -0.138. The van der Waals surface area contributed by atoms with E-state index in [0.717, 1.165) is 6.07 Å². The van der Waals surface area contributed by atoms with Crippen molar-refractivity contribution in [1.82, 2.24) is 20.0 Å². The number of benzene rings is 2. The number of thioether (sulfide) groups is 1. The van der Waals surface area contributed by atoms with E-state index in [1.165, 1.54) is 37.1 Å². The zero-order chi connectivity index (χ0) is 23.9. The van der Waals surface area contributed by atoms with E-state index in [9.17, 15) is 17.6 Å². The van der Waals surface area contributed by atoms with Crippen LogP contribution in [0.25, 0.3) is 22.6 Å². The quantitative estimate of drug-likeness (QED) is 0.373.